The van der Waals surface area contributed by atoms with Gasteiger partial charge in [0.25, 0.3) is 0 Å². The van der Waals surface area contributed by atoms with E-state index < -0.39 is 0 Å². The van der Waals surface area contributed by atoms with Crippen molar-refractivity contribution in [1.29, 1.82) is 0 Å². The number of nitrogens with one attached hydrogen (secondary N) is 1. The summed E-state index contributed by atoms with van der Waals surface area (Å²) in [5.74, 6) is 1.08. The van der Waals surface area contributed by atoms with Gasteiger partial charge in [0, 0.05) is 6.42 Å². The summed E-state index contributed by atoms with van der Waals surface area (Å²) in [7, 11) is 0. The monoisotopic (exact) mass is 271 g/mol. The molecule has 0 aromatic heterocycles. The van der Waals surface area contributed by atoms with Crippen LogP contribution in [-0.4, -0.2) is 13.2 Å². The van der Waals surface area contributed by atoms with Gasteiger partial charge in [-0.05, 0) is 55.8 Å². The van der Waals surface area contributed by atoms with Gasteiger partial charge in [0.15, 0.2) is 0 Å². The summed E-state index contributed by atoms with van der Waals surface area (Å²) in [6, 6.07) is 7.15. The quantitative estimate of drug-likeness (QED) is 0.812. The third kappa shape index (κ3) is 2.90. The second-order valence-corrected chi connectivity index (χ2v) is 5.88. The maximum Gasteiger partial charge on any atom is 0.122 e. The molecule has 0 amide bonds. The van der Waals surface area contributed by atoms with Crippen molar-refractivity contribution in [2.75, 3.05) is 13.2 Å². The number of hydrogen-bond acceptors (Lipinski definition) is 2. The summed E-state index contributed by atoms with van der Waals surface area (Å²) in [4.78, 5) is 0. The number of benzene rings is 1. The largest absolute Gasteiger partial charge is 0.493 e. The van der Waals surface area contributed by atoms with E-state index >= 15 is 0 Å². The number of ether oxygens (including phenoxy) is 1. The van der Waals surface area contributed by atoms with Crippen molar-refractivity contribution in [2.45, 2.75) is 51.5 Å². The SMILES string of the molecule is CCCNC(C1=CCCCC1)c1ccc2c(c1)CCO2. The molecule has 2 nitrogen and oxygen atoms in total. The number of allylic oxidation sites excluding steroid dienone is 1. The molecule has 0 radical (unpaired) electrons. The third-order valence-electron chi connectivity index (χ3n) is 4.34. The fraction of sp³-hybridized carbons (Fsp3) is 0.556. The van der Waals surface area contributed by atoms with Crippen LogP contribution in [0.4, 0.5) is 0 Å². The van der Waals surface area contributed by atoms with Crippen molar-refractivity contribution in [3.63, 3.8) is 0 Å². The lowest BCUT2D eigenvalue weighted by molar-refractivity contribution is 0.356. The first-order valence-electron chi connectivity index (χ1n) is 8.06. The van der Waals surface area contributed by atoms with E-state index in [1.54, 1.807) is 5.57 Å². The van der Waals surface area contributed by atoms with Crippen molar-refractivity contribution >= 4 is 0 Å². The Morgan fingerprint density at radius 2 is 2.20 bits per heavy atom. The minimum Gasteiger partial charge on any atom is -0.493 e. The predicted octanol–water partition coefficient (Wildman–Crippen LogP) is 4.16. The van der Waals surface area contributed by atoms with Gasteiger partial charge in [-0.2, -0.15) is 0 Å². The fourth-order valence-electron chi connectivity index (χ4n) is 3.26. The van der Waals surface area contributed by atoms with E-state index in [-0.39, 0.29) is 0 Å². The smallest absolute Gasteiger partial charge is 0.122 e. The number of rotatable bonds is 5. The molecule has 0 bridgehead atoms. The van der Waals surface area contributed by atoms with Gasteiger partial charge in [-0.3, -0.25) is 0 Å². The van der Waals surface area contributed by atoms with Crippen LogP contribution < -0.4 is 10.1 Å². The molecule has 0 fully saturated rings. The van der Waals surface area contributed by atoms with Crippen LogP contribution in [0.1, 0.15) is 56.2 Å². The molecule has 1 atom stereocenters. The third-order valence-corrected chi connectivity index (χ3v) is 4.34. The molecule has 0 saturated heterocycles. The van der Waals surface area contributed by atoms with Gasteiger partial charge in [-0.25, -0.2) is 0 Å². The standard InChI is InChI=1S/C18H25NO/c1-2-11-19-18(14-6-4-3-5-7-14)16-8-9-17-15(13-16)10-12-20-17/h6,8-9,13,18-19H,2-5,7,10-12H2,1H3. The highest BCUT2D eigenvalue weighted by molar-refractivity contribution is 5.42. The van der Waals surface area contributed by atoms with Crippen LogP contribution in [0.5, 0.6) is 5.75 Å². The van der Waals surface area contributed by atoms with Crippen molar-refractivity contribution in [3.05, 3.63) is 41.0 Å². The minimum absolute atomic E-state index is 0.404. The molecular weight excluding hydrogens is 246 g/mol. The molecule has 1 aliphatic heterocycles. The molecule has 1 heterocycles. The molecule has 1 unspecified atom stereocenters. The summed E-state index contributed by atoms with van der Waals surface area (Å²) >= 11 is 0. The lowest BCUT2D eigenvalue weighted by Crippen LogP contribution is -2.24. The van der Waals surface area contributed by atoms with E-state index in [9.17, 15) is 0 Å². The highest BCUT2D eigenvalue weighted by Crippen LogP contribution is 2.33. The number of hydrogen-bond donors (Lipinski definition) is 1. The predicted molar refractivity (Wildman–Crippen MR) is 83.2 cm³/mol. The highest BCUT2D eigenvalue weighted by Gasteiger charge is 2.20. The van der Waals surface area contributed by atoms with E-state index in [1.165, 1.54) is 43.2 Å². The second-order valence-electron chi connectivity index (χ2n) is 5.88. The molecule has 2 heteroatoms. The Bertz CT molecular complexity index is 492. The van der Waals surface area contributed by atoms with Crippen molar-refractivity contribution in [1.82, 2.24) is 5.32 Å². The fourth-order valence-corrected chi connectivity index (χ4v) is 3.26. The highest BCUT2D eigenvalue weighted by atomic mass is 16.5. The summed E-state index contributed by atoms with van der Waals surface area (Å²) in [5.41, 5.74) is 4.38. The molecule has 108 valence electrons. The first-order valence-corrected chi connectivity index (χ1v) is 8.06. The minimum atomic E-state index is 0.404. The van der Waals surface area contributed by atoms with Gasteiger partial charge in [0.05, 0.1) is 12.6 Å². The molecule has 0 spiro atoms. The summed E-state index contributed by atoms with van der Waals surface area (Å²) in [6.45, 7) is 4.15. The van der Waals surface area contributed by atoms with Crippen LogP contribution in [-0.2, 0) is 6.42 Å². The van der Waals surface area contributed by atoms with E-state index in [1.807, 2.05) is 0 Å². The molecule has 0 saturated carbocycles. The molecule has 20 heavy (non-hydrogen) atoms. The van der Waals surface area contributed by atoms with Crippen molar-refractivity contribution in [3.8, 4) is 5.75 Å². The Hall–Kier alpha value is -1.28. The molecule has 2 aliphatic rings. The topological polar surface area (TPSA) is 21.3 Å². The van der Waals surface area contributed by atoms with Crippen LogP contribution in [0.15, 0.2) is 29.8 Å². The zero-order chi connectivity index (χ0) is 13.8. The Kier molecular flexibility index (Phi) is 4.41. The van der Waals surface area contributed by atoms with Gasteiger partial charge in [0.1, 0.15) is 5.75 Å². The molecular formula is C18H25NO. The van der Waals surface area contributed by atoms with Gasteiger partial charge in [0.2, 0.25) is 0 Å². The van der Waals surface area contributed by atoms with Crippen LogP contribution in [0, 0.1) is 0 Å². The molecule has 1 aromatic rings. The Labute approximate surface area is 122 Å². The number of fused-ring (bicyclic) bond motifs is 1. The Morgan fingerprint density at radius 3 is 3.00 bits per heavy atom. The normalized spacial score (nSPS) is 19.1. The molecule has 1 aliphatic carbocycles. The van der Waals surface area contributed by atoms with E-state index in [4.69, 9.17) is 4.74 Å². The first-order chi connectivity index (χ1) is 9.88. The Balaban J connectivity index is 1.86. The average Bonchev–Trinajstić information content (AvgIpc) is 2.96. The van der Waals surface area contributed by atoms with Crippen molar-refractivity contribution < 1.29 is 4.74 Å². The molecule has 1 N–H and O–H groups in total. The lowest BCUT2D eigenvalue weighted by atomic mass is 9.89. The summed E-state index contributed by atoms with van der Waals surface area (Å²) in [5, 5.41) is 3.74. The van der Waals surface area contributed by atoms with Crippen LogP contribution in [0.25, 0.3) is 0 Å². The summed E-state index contributed by atoms with van der Waals surface area (Å²) < 4.78 is 5.62. The van der Waals surface area contributed by atoms with Crippen LogP contribution in [0.3, 0.4) is 0 Å². The van der Waals surface area contributed by atoms with Gasteiger partial charge < -0.3 is 10.1 Å². The summed E-state index contributed by atoms with van der Waals surface area (Å²) in [6.07, 6.45) is 9.87. The van der Waals surface area contributed by atoms with Crippen molar-refractivity contribution in [2.24, 2.45) is 0 Å². The van der Waals surface area contributed by atoms with Gasteiger partial charge >= 0.3 is 0 Å². The van der Waals surface area contributed by atoms with E-state index in [0.29, 0.717) is 6.04 Å². The lowest BCUT2D eigenvalue weighted by Gasteiger charge is -2.25. The molecule has 1 aromatic carbocycles. The zero-order valence-corrected chi connectivity index (χ0v) is 12.5. The van der Waals surface area contributed by atoms with E-state index in [2.05, 4.69) is 36.5 Å². The average molecular weight is 271 g/mol. The Morgan fingerprint density at radius 1 is 1.25 bits per heavy atom. The second kappa shape index (κ2) is 6.45. The van der Waals surface area contributed by atoms with Crippen LogP contribution in [0.2, 0.25) is 0 Å². The zero-order valence-electron chi connectivity index (χ0n) is 12.5. The van der Waals surface area contributed by atoms with Gasteiger partial charge in [-0.15, -0.1) is 0 Å². The van der Waals surface area contributed by atoms with Gasteiger partial charge in [-0.1, -0.05) is 30.7 Å². The maximum absolute atomic E-state index is 5.62. The maximum atomic E-state index is 5.62. The molecule has 3 rings (SSSR count). The van der Waals surface area contributed by atoms with Crippen LogP contribution >= 0.6 is 0 Å². The first kappa shape index (κ1) is 13.7. The van der Waals surface area contributed by atoms with E-state index in [0.717, 1.165) is 25.3 Å².